The third-order valence-electron chi connectivity index (χ3n) is 4.76. The number of nitrogens with one attached hydrogen (secondary N) is 2. The first-order valence-corrected chi connectivity index (χ1v) is 8.01. The zero-order chi connectivity index (χ0) is 15.8. The number of fused-ring (bicyclic) bond motifs is 1. The number of hydrogen-bond acceptors (Lipinski definition) is 3. The summed E-state index contributed by atoms with van der Waals surface area (Å²) in [7, 11) is 0. The molecule has 0 spiro atoms. The molecule has 2 fully saturated rings. The number of likely N-dealkylation sites (tertiary alicyclic amines) is 1. The first-order chi connectivity index (χ1) is 11.2. The van der Waals surface area contributed by atoms with Crippen LogP contribution in [0.1, 0.15) is 23.3 Å². The summed E-state index contributed by atoms with van der Waals surface area (Å²) in [6.45, 7) is 2.81. The van der Waals surface area contributed by atoms with Crippen LogP contribution in [0.25, 0.3) is 10.9 Å². The minimum absolute atomic E-state index is 0.0214. The van der Waals surface area contributed by atoms with Gasteiger partial charge in [-0.2, -0.15) is 5.10 Å². The molecule has 0 aliphatic carbocycles. The first kappa shape index (κ1) is 14.0. The number of urea groups is 1. The van der Waals surface area contributed by atoms with Crippen LogP contribution in [0, 0.1) is 0 Å². The van der Waals surface area contributed by atoms with Gasteiger partial charge in [-0.1, -0.05) is 18.2 Å². The maximum absolute atomic E-state index is 12.7. The molecule has 2 saturated heterocycles. The van der Waals surface area contributed by atoms with E-state index in [-0.39, 0.29) is 18.0 Å². The number of amides is 3. The molecule has 7 nitrogen and oxygen atoms in total. The molecule has 7 heteroatoms. The van der Waals surface area contributed by atoms with Crippen LogP contribution in [-0.4, -0.2) is 64.2 Å². The van der Waals surface area contributed by atoms with Gasteiger partial charge >= 0.3 is 6.03 Å². The Morgan fingerprint density at radius 2 is 1.96 bits per heavy atom. The first-order valence-electron chi connectivity index (χ1n) is 8.01. The van der Waals surface area contributed by atoms with E-state index in [4.69, 9.17) is 0 Å². The molecule has 1 aromatic carbocycles. The lowest BCUT2D eigenvalue weighted by atomic mass is 10.0. The largest absolute Gasteiger partial charge is 0.337 e. The Kier molecular flexibility index (Phi) is 3.40. The zero-order valence-electron chi connectivity index (χ0n) is 12.8. The molecule has 4 rings (SSSR count). The number of rotatable bonds is 2. The standard InChI is InChI=1S/C16H19N5O2/c22-15(14-12-3-1-2-4-13(12)18-19-14)20-8-5-11(6-9-20)21-10-7-17-16(21)23/h1-4,11H,5-10H2,(H,17,23)(H,18,19). The van der Waals surface area contributed by atoms with Gasteiger partial charge in [-0.05, 0) is 18.9 Å². The Morgan fingerprint density at radius 1 is 1.17 bits per heavy atom. The van der Waals surface area contributed by atoms with E-state index >= 15 is 0 Å². The zero-order valence-corrected chi connectivity index (χ0v) is 12.8. The molecule has 2 aliphatic rings. The summed E-state index contributed by atoms with van der Waals surface area (Å²) in [6, 6.07) is 7.91. The Morgan fingerprint density at radius 3 is 2.70 bits per heavy atom. The number of H-pyrrole nitrogens is 1. The molecule has 0 saturated carbocycles. The summed E-state index contributed by atoms with van der Waals surface area (Å²) in [5, 5.41) is 10.8. The van der Waals surface area contributed by atoms with Crippen LogP contribution in [0.3, 0.4) is 0 Å². The minimum atomic E-state index is -0.0354. The van der Waals surface area contributed by atoms with E-state index < -0.39 is 0 Å². The van der Waals surface area contributed by atoms with E-state index in [2.05, 4.69) is 15.5 Å². The van der Waals surface area contributed by atoms with Gasteiger partial charge in [-0.3, -0.25) is 9.89 Å². The van der Waals surface area contributed by atoms with Crippen molar-refractivity contribution in [3.8, 4) is 0 Å². The molecule has 0 radical (unpaired) electrons. The molecule has 23 heavy (non-hydrogen) atoms. The van der Waals surface area contributed by atoms with Crippen molar-refractivity contribution in [2.24, 2.45) is 0 Å². The van der Waals surface area contributed by atoms with Crippen molar-refractivity contribution in [3.05, 3.63) is 30.0 Å². The number of hydrogen-bond donors (Lipinski definition) is 2. The molecule has 0 atom stereocenters. The summed E-state index contributed by atoms with van der Waals surface area (Å²) in [5.74, 6) is -0.0354. The van der Waals surface area contributed by atoms with Crippen LogP contribution in [0.15, 0.2) is 24.3 Å². The monoisotopic (exact) mass is 313 g/mol. The molecule has 0 unspecified atom stereocenters. The molecule has 3 heterocycles. The van der Waals surface area contributed by atoms with Gasteiger partial charge in [-0.15, -0.1) is 0 Å². The predicted octanol–water partition coefficient (Wildman–Crippen LogP) is 1.19. The van der Waals surface area contributed by atoms with Crippen molar-refractivity contribution in [2.75, 3.05) is 26.2 Å². The molecule has 0 bridgehead atoms. The van der Waals surface area contributed by atoms with E-state index in [0.29, 0.717) is 18.8 Å². The highest BCUT2D eigenvalue weighted by molar-refractivity contribution is 6.04. The fraction of sp³-hybridized carbons (Fsp3) is 0.438. The van der Waals surface area contributed by atoms with Crippen LogP contribution >= 0.6 is 0 Å². The summed E-state index contributed by atoms with van der Waals surface area (Å²) >= 11 is 0. The van der Waals surface area contributed by atoms with Gasteiger partial charge in [0.25, 0.3) is 5.91 Å². The van der Waals surface area contributed by atoms with Crippen LogP contribution in [0.4, 0.5) is 4.79 Å². The van der Waals surface area contributed by atoms with Crippen LogP contribution in [-0.2, 0) is 0 Å². The lowest BCUT2D eigenvalue weighted by Crippen LogP contribution is -2.47. The second-order valence-electron chi connectivity index (χ2n) is 6.07. The maximum Gasteiger partial charge on any atom is 0.317 e. The highest BCUT2D eigenvalue weighted by atomic mass is 16.2. The lowest BCUT2D eigenvalue weighted by Gasteiger charge is -2.35. The van der Waals surface area contributed by atoms with Gasteiger partial charge in [0.05, 0.1) is 5.52 Å². The number of para-hydroxylation sites is 1. The molecule has 2 N–H and O–H groups in total. The maximum atomic E-state index is 12.7. The van der Waals surface area contributed by atoms with Crippen LogP contribution in [0.5, 0.6) is 0 Å². The van der Waals surface area contributed by atoms with Gasteiger partial charge in [0.1, 0.15) is 0 Å². The smallest absolute Gasteiger partial charge is 0.317 e. The summed E-state index contributed by atoms with van der Waals surface area (Å²) in [5.41, 5.74) is 1.36. The van der Waals surface area contributed by atoms with Crippen molar-refractivity contribution in [1.29, 1.82) is 0 Å². The van der Waals surface area contributed by atoms with Crippen molar-refractivity contribution >= 4 is 22.8 Å². The van der Waals surface area contributed by atoms with Gasteiger partial charge < -0.3 is 15.1 Å². The Labute approximate surface area is 133 Å². The SMILES string of the molecule is O=C(c1n[nH]c2ccccc12)N1CCC(N2CCNC2=O)CC1. The van der Waals surface area contributed by atoms with Gasteiger partial charge in [0.15, 0.2) is 5.69 Å². The fourth-order valence-electron chi connectivity index (χ4n) is 3.49. The van der Waals surface area contributed by atoms with Crippen molar-refractivity contribution < 1.29 is 9.59 Å². The summed E-state index contributed by atoms with van der Waals surface area (Å²) < 4.78 is 0. The quantitative estimate of drug-likeness (QED) is 0.874. The molecule has 1 aromatic heterocycles. The molecule has 2 aliphatic heterocycles. The third kappa shape index (κ3) is 2.42. The van der Waals surface area contributed by atoms with E-state index in [1.165, 1.54) is 0 Å². The van der Waals surface area contributed by atoms with Crippen molar-refractivity contribution in [3.63, 3.8) is 0 Å². The molecule has 120 valence electrons. The predicted molar refractivity (Wildman–Crippen MR) is 85.1 cm³/mol. The average Bonchev–Trinajstić information content (AvgIpc) is 3.20. The molecular formula is C16H19N5O2. The molecule has 2 aromatic rings. The number of aromatic amines is 1. The highest BCUT2D eigenvalue weighted by Gasteiger charge is 2.32. The number of aromatic nitrogens is 2. The fourth-order valence-corrected chi connectivity index (χ4v) is 3.49. The van der Waals surface area contributed by atoms with Crippen LogP contribution < -0.4 is 5.32 Å². The van der Waals surface area contributed by atoms with E-state index in [0.717, 1.165) is 36.8 Å². The van der Waals surface area contributed by atoms with E-state index in [9.17, 15) is 9.59 Å². The average molecular weight is 313 g/mol. The van der Waals surface area contributed by atoms with Gasteiger partial charge in [0.2, 0.25) is 0 Å². The Hall–Kier alpha value is -2.57. The summed E-state index contributed by atoms with van der Waals surface area (Å²) in [4.78, 5) is 28.2. The number of carbonyl (C=O) groups is 2. The second kappa shape index (κ2) is 5.57. The minimum Gasteiger partial charge on any atom is -0.337 e. The Bertz CT molecular complexity index is 748. The van der Waals surface area contributed by atoms with Gasteiger partial charge in [0, 0.05) is 37.6 Å². The Balaban J connectivity index is 1.46. The number of benzene rings is 1. The van der Waals surface area contributed by atoms with Crippen molar-refractivity contribution in [1.82, 2.24) is 25.3 Å². The second-order valence-corrected chi connectivity index (χ2v) is 6.07. The van der Waals surface area contributed by atoms with Gasteiger partial charge in [-0.25, -0.2) is 4.79 Å². The normalized spacial score (nSPS) is 19.4. The topological polar surface area (TPSA) is 81.3 Å². The van der Waals surface area contributed by atoms with E-state index in [1.54, 1.807) is 0 Å². The highest BCUT2D eigenvalue weighted by Crippen LogP contribution is 2.22. The summed E-state index contributed by atoms with van der Waals surface area (Å²) in [6.07, 6.45) is 1.64. The molecular weight excluding hydrogens is 294 g/mol. The number of nitrogens with zero attached hydrogens (tertiary/aromatic N) is 3. The third-order valence-corrected chi connectivity index (χ3v) is 4.76. The van der Waals surface area contributed by atoms with Crippen LogP contribution in [0.2, 0.25) is 0 Å². The van der Waals surface area contributed by atoms with E-state index in [1.807, 2.05) is 34.1 Å². The number of carbonyl (C=O) groups excluding carboxylic acids is 2. The number of piperidine rings is 1. The lowest BCUT2D eigenvalue weighted by molar-refractivity contribution is 0.0662. The van der Waals surface area contributed by atoms with Crippen molar-refractivity contribution in [2.45, 2.75) is 18.9 Å². The molecule has 3 amide bonds.